The van der Waals surface area contributed by atoms with E-state index in [9.17, 15) is 18.0 Å². The van der Waals surface area contributed by atoms with Gasteiger partial charge < -0.3 is 10.0 Å². The van der Waals surface area contributed by atoms with Crippen molar-refractivity contribution in [1.29, 1.82) is 0 Å². The van der Waals surface area contributed by atoms with Gasteiger partial charge in [0, 0.05) is 19.7 Å². The smallest absolute Gasteiger partial charge is 0.318 e. The first-order chi connectivity index (χ1) is 8.74. The number of carbonyl (C=O) groups is 2. The van der Waals surface area contributed by atoms with Crippen LogP contribution in [0.25, 0.3) is 0 Å². The molecule has 1 amide bonds. The van der Waals surface area contributed by atoms with Crippen LogP contribution in [-0.2, 0) is 19.6 Å². The van der Waals surface area contributed by atoms with E-state index >= 15 is 0 Å². The predicted molar refractivity (Wildman–Crippen MR) is 68.4 cm³/mol. The number of carboxylic acids is 1. The Morgan fingerprint density at radius 1 is 1.26 bits per heavy atom. The van der Waals surface area contributed by atoms with Crippen LogP contribution >= 0.6 is 0 Å². The molecule has 7 nitrogen and oxygen atoms in total. The van der Waals surface area contributed by atoms with E-state index in [4.69, 9.17) is 5.11 Å². The van der Waals surface area contributed by atoms with E-state index in [0.29, 0.717) is 5.69 Å². The molecule has 2 N–H and O–H groups in total. The van der Waals surface area contributed by atoms with Gasteiger partial charge in [0.25, 0.3) is 0 Å². The SMILES string of the molecule is CC(=O)N(C)c1ccc(S(=O)(=O)NCC(=O)O)cc1. The largest absolute Gasteiger partial charge is 0.480 e. The molecule has 1 aromatic carbocycles. The summed E-state index contributed by atoms with van der Waals surface area (Å²) in [6.07, 6.45) is 0. The first kappa shape index (κ1) is 15.1. The van der Waals surface area contributed by atoms with Gasteiger partial charge in [0.2, 0.25) is 15.9 Å². The molecule has 0 saturated carbocycles. The molecule has 8 heteroatoms. The van der Waals surface area contributed by atoms with Crippen molar-refractivity contribution >= 4 is 27.6 Å². The molecule has 0 atom stereocenters. The lowest BCUT2D eigenvalue weighted by Gasteiger charge is -2.15. The Morgan fingerprint density at radius 2 is 1.79 bits per heavy atom. The molecular formula is C11H14N2O5S. The Balaban J connectivity index is 2.92. The van der Waals surface area contributed by atoms with E-state index in [-0.39, 0.29) is 10.8 Å². The molecule has 0 radical (unpaired) electrons. The molecule has 0 spiro atoms. The van der Waals surface area contributed by atoms with Gasteiger partial charge >= 0.3 is 5.97 Å². The zero-order chi connectivity index (χ0) is 14.6. The van der Waals surface area contributed by atoms with Crippen molar-refractivity contribution in [2.24, 2.45) is 0 Å². The Kier molecular flexibility index (Phi) is 4.62. The number of nitrogens with zero attached hydrogens (tertiary/aromatic N) is 1. The maximum absolute atomic E-state index is 11.7. The van der Waals surface area contributed by atoms with Crippen molar-refractivity contribution in [1.82, 2.24) is 4.72 Å². The van der Waals surface area contributed by atoms with Crippen molar-refractivity contribution in [2.75, 3.05) is 18.5 Å². The second-order valence-corrected chi connectivity index (χ2v) is 5.56. The van der Waals surface area contributed by atoms with Crippen molar-refractivity contribution in [2.45, 2.75) is 11.8 Å². The second-order valence-electron chi connectivity index (χ2n) is 3.79. The fourth-order valence-electron chi connectivity index (χ4n) is 1.27. The number of hydrogen-bond donors (Lipinski definition) is 2. The van der Waals surface area contributed by atoms with Crippen LogP contribution in [0.3, 0.4) is 0 Å². The quantitative estimate of drug-likeness (QED) is 0.795. The number of sulfonamides is 1. The summed E-state index contributed by atoms with van der Waals surface area (Å²) < 4.78 is 25.3. The highest BCUT2D eigenvalue weighted by Crippen LogP contribution is 2.16. The molecule has 1 rings (SSSR count). The Labute approximate surface area is 110 Å². The third-order valence-electron chi connectivity index (χ3n) is 2.42. The first-order valence-corrected chi connectivity index (χ1v) is 6.78. The summed E-state index contributed by atoms with van der Waals surface area (Å²) in [6.45, 7) is 0.705. The van der Waals surface area contributed by atoms with Crippen LogP contribution in [0, 0.1) is 0 Å². The fourth-order valence-corrected chi connectivity index (χ4v) is 2.25. The summed E-state index contributed by atoms with van der Waals surface area (Å²) in [7, 11) is -2.29. The molecule has 19 heavy (non-hydrogen) atoms. The summed E-state index contributed by atoms with van der Waals surface area (Å²) in [5.74, 6) is -1.45. The molecule has 0 aliphatic carbocycles. The van der Waals surface area contributed by atoms with E-state index in [1.165, 1.54) is 36.1 Å². The van der Waals surface area contributed by atoms with Gasteiger partial charge in [-0.2, -0.15) is 4.72 Å². The lowest BCUT2D eigenvalue weighted by atomic mass is 10.3. The number of aliphatic carboxylic acids is 1. The summed E-state index contributed by atoms with van der Waals surface area (Å²) in [4.78, 5) is 22.8. The fraction of sp³-hybridized carbons (Fsp3) is 0.273. The summed E-state index contributed by atoms with van der Waals surface area (Å²) in [6, 6.07) is 5.55. The molecule has 0 heterocycles. The minimum absolute atomic E-state index is 0.0607. The maximum Gasteiger partial charge on any atom is 0.318 e. The Morgan fingerprint density at radius 3 is 2.21 bits per heavy atom. The number of rotatable bonds is 5. The van der Waals surface area contributed by atoms with E-state index in [0.717, 1.165) is 0 Å². The minimum atomic E-state index is -3.85. The monoisotopic (exact) mass is 286 g/mol. The second kappa shape index (κ2) is 5.81. The highest BCUT2D eigenvalue weighted by molar-refractivity contribution is 7.89. The van der Waals surface area contributed by atoms with Gasteiger partial charge in [0.05, 0.1) is 4.90 Å². The molecular weight excluding hydrogens is 272 g/mol. The summed E-state index contributed by atoms with van der Waals surface area (Å²) >= 11 is 0. The van der Waals surface area contributed by atoms with Crippen molar-refractivity contribution in [3.63, 3.8) is 0 Å². The normalized spacial score (nSPS) is 11.1. The molecule has 0 aliphatic rings. The minimum Gasteiger partial charge on any atom is -0.480 e. The lowest BCUT2D eigenvalue weighted by molar-refractivity contribution is -0.135. The standard InChI is InChI=1S/C11H14N2O5S/c1-8(14)13(2)9-3-5-10(6-4-9)19(17,18)12-7-11(15)16/h3-6,12H,7H2,1-2H3,(H,15,16). The average molecular weight is 286 g/mol. The van der Waals surface area contributed by atoms with E-state index in [2.05, 4.69) is 0 Å². The van der Waals surface area contributed by atoms with Crippen LogP contribution in [0.1, 0.15) is 6.92 Å². The zero-order valence-electron chi connectivity index (χ0n) is 10.5. The van der Waals surface area contributed by atoms with Gasteiger partial charge in [-0.25, -0.2) is 8.42 Å². The molecule has 104 valence electrons. The van der Waals surface area contributed by atoms with Crippen LogP contribution in [0.4, 0.5) is 5.69 Å². The summed E-state index contributed by atoms with van der Waals surface area (Å²) in [5, 5.41) is 8.43. The lowest BCUT2D eigenvalue weighted by Crippen LogP contribution is -2.29. The maximum atomic E-state index is 11.7. The van der Waals surface area contributed by atoms with Crippen molar-refractivity contribution in [3.05, 3.63) is 24.3 Å². The molecule has 1 aromatic rings. The highest BCUT2D eigenvalue weighted by atomic mass is 32.2. The molecule has 0 fully saturated rings. The molecule has 0 unspecified atom stereocenters. The van der Waals surface area contributed by atoms with Gasteiger partial charge in [-0.15, -0.1) is 0 Å². The number of anilines is 1. The molecule has 0 bridgehead atoms. The van der Waals surface area contributed by atoms with Gasteiger partial charge in [-0.05, 0) is 24.3 Å². The first-order valence-electron chi connectivity index (χ1n) is 5.30. The molecule has 0 aliphatic heterocycles. The van der Waals surface area contributed by atoms with Crippen LogP contribution < -0.4 is 9.62 Å². The van der Waals surface area contributed by atoms with Crippen LogP contribution in [0.2, 0.25) is 0 Å². The third-order valence-corrected chi connectivity index (χ3v) is 3.84. The van der Waals surface area contributed by atoms with Gasteiger partial charge in [-0.1, -0.05) is 0 Å². The number of nitrogens with one attached hydrogen (secondary N) is 1. The van der Waals surface area contributed by atoms with Crippen LogP contribution in [0.15, 0.2) is 29.2 Å². The number of carboxylic acid groups (broad SMARTS) is 1. The average Bonchev–Trinajstić information content (AvgIpc) is 2.35. The van der Waals surface area contributed by atoms with Crippen molar-refractivity contribution in [3.8, 4) is 0 Å². The van der Waals surface area contributed by atoms with E-state index < -0.39 is 22.5 Å². The summed E-state index contributed by atoms with van der Waals surface area (Å²) in [5.41, 5.74) is 0.546. The van der Waals surface area contributed by atoms with Gasteiger partial charge in [0.1, 0.15) is 6.54 Å². The van der Waals surface area contributed by atoms with Crippen LogP contribution in [0.5, 0.6) is 0 Å². The molecule has 0 aromatic heterocycles. The number of carbonyl (C=O) groups excluding carboxylic acids is 1. The van der Waals surface area contributed by atoms with E-state index in [1.807, 2.05) is 4.72 Å². The highest BCUT2D eigenvalue weighted by Gasteiger charge is 2.15. The number of benzene rings is 1. The van der Waals surface area contributed by atoms with E-state index in [1.54, 1.807) is 7.05 Å². The van der Waals surface area contributed by atoms with Gasteiger partial charge in [0.15, 0.2) is 0 Å². The Bertz CT molecular complexity index is 580. The third kappa shape index (κ3) is 4.04. The Hall–Kier alpha value is -1.93. The topological polar surface area (TPSA) is 104 Å². The molecule has 0 saturated heterocycles. The van der Waals surface area contributed by atoms with Crippen molar-refractivity contribution < 1.29 is 23.1 Å². The van der Waals surface area contributed by atoms with Crippen LogP contribution in [-0.4, -0.2) is 39.0 Å². The number of hydrogen-bond acceptors (Lipinski definition) is 4. The van der Waals surface area contributed by atoms with Gasteiger partial charge in [-0.3, -0.25) is 9.59 Å². The predicted octanol–water partition coefficient (Wildman–Crippen LogP) is 0.0322. The zero-order valence-corrected chi connectivity index (χ0v) is 11.3. The number of amides is 1.